The number of halogens is 2. The molecule has 1 saturated heterocycles. The van der Waals surface area contributed by atoms with Crippen LogP contribution in [-0.4, -0.2) is 32.5 Å². The van der Waals surface area contributed by atoms with Crippen LogP contribution < -0.4 is 10.5 Å². The third-order valence-corrected chi connectivity index (χ3v) is 4.85. The van der Waals surface area contributed by atoms with Crippen molar-refractivity contribution in [3.8, 4) is 0 Å². The molecule has 1 aromatic carbocycles. The van der Waals surface area contributed by atoms with Crippen LogP contribution >= 0.6 is 0 Å². The third kappa shape index (κ3) is 3.27. The zero-order valence-corrected chi connectivity index (χ0v) is 14.8. The molecule has 6 nitrogen and oxygen atoms in total. The highest BCUT2D eigenvalue weighted by atomic mass is 19.3. The van der Waals surface area contributed by atoms with E-state index in [9.17, 15) is 13.6 Å². The first-order valence-electron chi connectivity index (χ1n) is 8.87. The van der Waals surface area contributed by atoms with Crippen molar-refractivity contribution in [1.82, 2.24) is 19.5 Å². The molecular weight excluding hydrogens is 352 g/mol. The van der Waals surface area contributed by atoms with Gasteiger partial charge in [0.05, 0.1) is 23.5 Å². The highest BCUT2D eigenvalue weighted by Gasteiger charge is 2.32. The Hall–Kier alpha value is -2.90. The smallest absolute Gasteiger partial charge is 0.261 e. The standard InChI is InChI=1S/C19H19F2N5O/c1-12-9-17(23-11-22-12)25-8-4-7-15(25)18-24-14-6-3-2-5-13(14)19(27)26(18)10-16(20)21/h2-3,5-6,9,11,15-16H,4,7-8,10H2,1H3. The van der Waals surface area contributed by atoms with Gasteiger partial charge in [-0.15, -0.1) is 0 Å². The van der Waals surface area contributed by atoms with E-state index in [0.717, 1.165) is 35.5 Å². The van der Waals surface area contributed by atoms with Gasteiger partial charge in [-0.3, -0.25) is 9.36 Å². The van der Waals surface area contributed by atoms with Crippen LogP contribution in [0.1, 0.15) is 30.4 Å². The number of aryl methyl sites for hydroxylation is 1. The third-order valence-electron chi connectivity index (χ3n) is 4.85. The fourth-order valence-corrected chi connectivity index (χ4v) is 3.66. The molecule has 2 aromatic heterocycles. The molecule has 0 aliphatic carbocycles. The first-order valence-corrected chi connectivity index (χ1v) is 8.87. The molecule has 0 amide bonds. The van der Waals surface area contributed by atoms with Crippen LogP contribution in [0.2, 0.25) is 0 Å². The quantitative estimate of drug-likeness (QED) is 0.705. The zero-order chi connectivity index (χ0) is 19.0. The fourth-order valence-electron chi connectivity index (χ4n) is 3.66. The van der Waals surface area contributed by atoms with Crippen molar-refractivity contribution in [2.24, 2.45) is 0 Å². The van der Waals surface area contributed by atoms with Crippen LogP contribution in [0.15, 0.2) is 41.5 Å². The summed E-state index contributed by atoms with van der Waals surface area (Å²) in [7, 11) is 0. The monoisotopic (exact) mass is 371 g/mol. The van der Waals surface area contributed by atoms with Gasteiger partial charge in [0, 0.05) is 18.3 Å². The van der Waals surface area contributed by atoms with Gasteiger partial charge >= 0.3 is 0 Å². The van der Waals surface area contributed by atoms with Gasteiger partial charge in [0.15, 0.2) is 0 Å². The first-order chi connectivity index (χ1) is 13.0. The summed E-state index contributed by atoms with van der Waals surface area (Å²) in [5, 5.41) is 0.351. The van der Waals surface area contributed by atoms with Crippen LogP contribution in [0.3, 0.4) is 0 Å². The molecule has 0 spiro atoms. The lowest BCUT2D eigenvalue weighted by molar-refractivity contribution is 0.123. The Bertz CT molecular complexity index is 1040. The van der Waals surface area contributed by atoms with Gasteiger partial charge in [0.25, 0.3) is 12.0 Å². The van der Waals surface area contributed by atoms with Gasteiger partial charge in [-0.05, 0) is 31.9 Å². The summed E-state index contributed by atoms with van der Waals surface area (Å²) < 4.78 is 27.6. The summed E-state index contributed by atoms with van der Waals surface area (Å²) in [5.41, 5.74) is 0.914. The largest absolute Gasteiger partial charge is 0.346 e. The molecule has 0 radical (unpaired) electrons. The van der Waals surface area contributed by atoms with E-state index in [1.165, 1.54) is 6.33 Å². The number of anilines is 1. The number of hydrogen-bond donors (Lipinski definition) is 0. The lowest BCUT2D eigenvalue weighted by Gasteiger charge is -2.27. The zero-order valence-electron chi connectivity index (χ0n) is 14.8. The number of fused-ring (bicyclic) bond motifs is 1. The molecule has 3 aromatic rings. The van der Waals surface area contributed by atoms with Gasteiger partial charge in [0.1, 0.15) is 18.0 Å². The van der Waals surface area contributed by atoms with E-state index in [-0.39, 0.29) is 6.04 Å². The summed E-state index contributed by atoms with van der Waals surface area (Å²) in [6.45, 7) is 1.93. The fraction of sp³-hybridized carbons (Fsp3) is 0.368. The number of hydrogen-bond acceptors (Lipinski definition) is 5. The van der Waals surface area contributed by atoms with Crippen LogP contribution in [0.4, 0.5) is 14.6 Å². The molecule has 3 heterocycles. The predicted molar refractivity (Wildman–Crippen MR) is 98.1 cm³/mol. The van der Waals surface area contributed by atoms with E-state index < -0.39 is 18.5 Å². The van der Waals surface area contributed by atoms with E-state index in [1.807, 2.05) is 17.9 Å². The highest BCUT2D eigenvalue weighted by molar-refractivity contribution is 5.77. The molecule has 1 aliphatic rings. The summed E-state index contributed by atoms with van der Waals surface area (Å²) >= 11 is 0. The van der Waals surface area contributed by atoms with Crippen molar-refractivity contribution in [2.45, 2.75) is 38.8 Å². The van der Waals surface area contributed by atoms with E-state index in [1.54, 1.807) is 24.3 Å². The number of para-hydroxylation sites is 1. The summed E-state index contributed by atoms with van der Waals surface area (Å²) in [4.78, 5) is 28.0. The van der Waals surface area contributed by atoms with Crippen molar-refractivity contribution in [3.63, 3.8) is 0 Å². The number of rotatable bonds is 4. The van der Waals surface area contributed by atoms with E-state index >= 15 is 0 Å². The van der Waals surface area contributed by atoms with Crippen molar-refractivity contribution in [1.29, 1.82) is 0 Å². The molecule has 0 N–H and O–H groups in total. The molecule has 1 aliphatic heterocycles. The maximum absolute atomic E-state index is 13.2. The number of benzene rings is 1. The Morgan fingerprint density at radius 3 is 2.85 bits per heavy atom. The van der Waals surface area contributed by atoms with Crippen molar-refractivity contribution in [2.75, 3.05) is 11.4 Å². The number of nitrogens with zero attached hydrogens (tertiary/aromatic N) is 5. The van der Waals surface area contributed by atoms with Gasteiger partial charge < -0.3 is 4.90 Å². The van der Waals surface area contributed by atoms with E-state index in [2.05, 4.69) is 15.0 Å². The van der Waals surface area contributed by atoms with Gasteiger partial charge in [-0.1, -0.05) is 12.1 Å². The SMILES string of the molecule is Cc1cc(N2CCCC2c2nc3ccccc3c(=O)n2CC(F)F)ncn1. The van der Waals surface area contributed by atoms with Crippen LogP contribution in [0, 0.1) is 6.92 Å². The predicted octanol–water partition coefficient (Wildman–Crippen LogP) is 3.10. The van der Waals surface area contributed by atoms with E-state index in [4.69, 9.17) is 0 Å². The molecule has 4 rings (SSSR count). The average molecular weight is 371 g/mol. The molecule has 140 valence electrons. The summed E-state index contributed by atoms with van der Waals surface area (Å²) in [6, 6.07) is 8.43. The van der Waals surface area contributed by atoms with Crippen molar-refractivity contribution in [3.05, 3.63) is 58.5 Å². The van der Waals surface area contributed by atoms with Gasteiger partial charge in [-0.2, -0.15) is 0 Å². The maximum atomic E-state index is 13.2. The van der Waals surface area contributed by atoms with Crippen LogP contribution in [0.25, 0.3) is 10.9 Å². The second-order valence-corrected chi connectivity index (χ2v) is 6.66. The number of alkyl halides is 2. The molecule has 8 heteroatoms. The molecule has 1 fully saturated rings. The molecule has 1 unspecified atom stereocenters. The molecule has 1 atom stereocenters. The summed E-state index contributed by atoms with van der Waals surface area (Å²) in [5.74, 6) is 1.09. The Morgan fingerprint density at radius 2 is 2.07 bits per heavy atom. The topological polar surface area (TPSA) is 63.9 Å². The normalized spacial score (nSPS) is 17.2. The molecule has 0 saturated carbocycles. The average Bonchev–Trinajstić information content (AvgIpc) is 3.13. The molecule has 27 heavy (non-hydrogen) atoms. The maximum Gasteiger partial charge on any atom is 0.261 e. The van der Waals surface area contributed by atoms with Crippen molar-refractivity contribution < 1.29 is 8.78 Å². The minimum Gasteiger partial charge on any atom is -0.346 e. The minimum atomic E-state index is -2.64. The Labute approximate surface area is 154 Å². The van der Waals surface area contributed by atoms with Crippen LogP contribution in [0.5, 0.6) is 0 Å². The Kier molecular flexibility index (Phi) is 4.55. The van der Waals surface area contributed by atoms with Gasteiger partial charge in [-0.25, -0.2) is 23.7 Å². The van der Waals surface area contributed by atoms with E-state index in [0.29, 0.717) is 16.7 Å². The molecule has 0 bridgehead atoms. The lowest BCUT2D eigenvalue weighted by atomic mass is 10.1. The Balaban J connectivity index is 1.87. The Morgan fingerprint density at radius 1 is 1.26 bits per heavy atom. The molecular formula is C19H19F2N5O. The first kappa shape index (κ1) is 17.5. The summed E-state index contributed by atoms with van der Waals surface area (Å²) in [6.07, 6.45) is 0.433. The number of aromatic nitrogens is 4. The van der Waals surface area contributed by atoms with Gasteiger partial charge in [0.2, 0.25) is 0 Å². The second kappa shape index (κ2) is 7.02. The lowest BCUT2D eigenvalue weighted by Crippen LogP contribution is -2.34. The second-order valence-electron chi connectivity index (χ2n) is 6.66. The minimum absolute atomic E-state index is 0.282. The van der Waals surface area contributed by atoms with Crippen molar-refractivity contribution >= 4 is 16.7 Å². The highest BCUT2D eigenvalue weighted by Crippen LogP contribution is 2.34. The van der Waals surface area contributed by atoms with Crippen LogP contribution in [-0.2, 0) is 6.54 Å².